The number of anilines is 1. The van der Waals surface area contributed by atoms with Crippen molar-refractivity contribution in [2.45, 2.75) is 6.42 Å². The van der Waals surface area contributed by atoms with Crippen LogP contribution in [0, 0.1) is 0 Å². The fourth-order valence-corrected chi connectivity index (χ4v) is 2.29. The van der Waals surface area contributed by atoms with Gasteiger partial charge in [0.05, 0.1) is 22.2 Å². The minimum Gasteiger partial charge on any atom is -0.384 e. The first-order valence-electron chi connectivity index (χ1n) is 5.32. The maximum Gasteiger partial charge on any atom is 0.175 e. The molecule has 2 aromatic rings. The van der Waals surface area contributed by atoms with Crippen molar-refractivity contribution in [2.24, 2.45) is 0 Å². The normalized spacial score (nSPS) is 10.8. The lowest BCUT2D eigenvalue weighted by Gasteiger charge is -2.07. The van der Waals surface area contributed by atoms with Crippen LogP contribution in [0.2, 0.25) is 10.0 Å². The van der Waals surface area contributed by atoms with Gasteiger partial charge in [0.2, 0.25) is 0 Å². The number of nitrogens with two attached hydrogens (primary N) is 1. The number of ether oxygens (including phenoxy) is 1. The highest BCUT2D eigenvalue weighted by Crippen LogP contribution is 2.39. The summed E-state index contributed by atoms with van der Waals surface area (Å²) >= 11 is 12.3. The van der Waals surface area contributed by atoms with E-state index in [2.05, 4.69) is 5.16 Å². The predicted molar refractivity (Wildman–Crippen MR) is 72.0 cm³/mol. The Kier molecular flexibility index (Phi) is 4.11. The fourth-order valence-electron chi connectivity index (χ4n) is 1.71. The quantitative estimate of drug-likeness (QED) is 0.936. The summed E-state index contributed by atoms with van der Waals surface area (Å²) < 4.78 is 10.2. The van der Waals surface area contributed by atoms with E-state index in [0.717, 1.165) is 0 Å². The fraction of sp³-hybridized carbons (Fsp3) is 0.250. The molecule has 0 radical (unpaired) electrons. The Morgan fingerprint density at radius 1 is 1.28 bits per heavy atom. The highest BCUT2D eigenvalue weighted by molar-refractivity contribution is 6.39. The van der Waals surface area contributed by atoms with Crippen molar-refractivity contribution in [2.75, 3.05) is 19.5 Å². The summed E-state index contributed by atoms with van der Waals surface area (Å²) in [5.74, 6) is 0.889. The van der Waals surface area contributed by atoms with E-state index in [9.17, 15) is 0 Å². The average Bonchev–Trinajstić information content (AvgIpc) is 2.69. The van der Waals surface area contributed by atoms with Crippen LogP contribution in [0.1, 0.15) is 5.76 Å². The standard InChI is InChI=1S/C12H12Cl2N2O2/c1-17-6-5-9-11(12(15)16-18-9)10-7(13)3-2-4-8(10)14/h2-4H,5-6H2,1H3,(H2,15,16). The molecule has 1 aromatic carbocycles. The lowest BCUT2D eigenvalue weighted by Crippen LogP contribution is -1.96. The van der Waals surface area contributed by atoms with Crippen molar-refractivity contribution in [3.63, 3.8) is 0 Å². The third-order valence-corrected chi connectivity index (χ3v) is 3.17. The molecule has 2 rings (SSSR count). The zero-order valence-electron chi connectivity index (χ0n) is 9.74. The minimum absolute atomic E-state index is 0.274. The Labute approximate surface area is 115 Å². The third-order valence-electron chi connectivity index (χ3n) is 2.54. The van der Waals surface area contributed by atoms with Crippen molar-refractivity contribution in [1.82, 2.24) is 5.16 Å². The van der Waals surface area contributed by atoms with Gasteiger partial charge in [0.15, 0.2) is 5.82 Å². The Bertz CT molecular complexity index is 535. The van der Waals surface area contributed by atoms with Gasteiger partial charge in [-0.25, -0.2) is 0 Å². The molecular weight excluding hydrogens is 275 g/mol. The summed E-state index contributed by atoms with van der Waals surface area (Å²) in [7, 11) is 1.61. The number of rotatable bonds is 4. The van der Waals surface area contributed by atoms with Gasteiger partial charge in [0, 0.05) is 19.1 Å². The van der Waals surface area contributed by atoms with E-state index < -0.39 is 0 Å². The number of hydrogen-bond donors (Lipinski definition) is 1. The number of benzene rings is 1. The van der Waals surface area contributed by atoms with Gasteiger partial charge in [-0.2, -0.15) is 0 Å². The Morgan fingerprint density at radius 2 is 1.94 bits per heavy atom. The van der Waals surface area contributed by atoms with E-state index in [1.54, 1.807) is 25.3 Å². The first kappa shape index (κ1) is 13.2. The Balaban J connectivity index is 2.52. The molecule has 0 saturated heterocycles. The molecule has 0 spiro atoms. The van der Waals surface area contributed by atoms with Crippen LogP contribution in [0.15, 0.2) is 22.7 Å². The summed E-state index contributed by atoms with van der Waals surface area (Å²) in [4.78, 5) is 0. The molecule has 0 unspecified atom stereocenters. The van der Waals surface area contributed by atoms with Gasteiger partial charge in [0.25, 0.3) is 0 Å². The van der Waals surface area contributed by atoms with Crippen LogP contribution in [0.5, 0.6) is 0 Å². The third kappa shape index (κ3) is 2.46. The van der Waals surface area contributed by atoms with Crippen molar-refractivity contribution in [3.8, 4) is 11.1 Å². The number of nitrogens with zero attached hydrogens (tertiary/aromatic N) is 1. The van der Waals surface area contributed by atoms with Crippen LogP contribution in [-0.2, 0) is 11.2 Å². The van der Waals surface area contributed by atoms with Crippen LogP contribution >= 0.6 is 23.2 Å². The van der Waals surface area contributed by atoms with Gasteiger partial charge in [-0.15, -0.1) is 0 Å². The molecule has 2 N–H and O–H groups in total. The summed E-state index contributed by atoms with van der Waals surface area (Å²) in [5.41, 5.74) is 7.11. The van der Waals surface area contributed by atoms with Crippen LogP contribution in [-0.4, -0.2) is 18.9 Å². The lowest BCUT2D eigenvalue weighted by atomic mass is 10.0. The van der Waals surface area contributed by atoms with Crippen molar-refractivity contribution in [1.29, 1.82) is 0 Å². The van der Waals surface area contributed by atoms with E-state index in [4.69, 9.17) is 38.2 Å². The maximum absolute atomic E-state index is 6.16. The molecule has 1 aromatic heterocycles. The average molecular weight is 287 g/mol. The molecule has 18 heavy (non-hydrogen) atoms. The predicted octanol–water partition coefficient (Wildman–Crippen LogP) is 3.42. The van der Waals surface area contributed by atoms with Gasteiger partial charge >= 0.3 is 0 Å². The van der Waals surface area contributed by atoms with Crippen LogP contribution < -0.4 is 5.73 Å². The smallest absolute Gasteiger partial charge is 0.175 e. The molecule has 0 saturated carbocycles. The van der Waals surface area contributed by atoms with E-state index in [-0.39, 0.29) is 5.82 Å². The zero-order chi connectivity index (χ0) is 13.1. The summed E-state index contributed by atoms with van der Waals surface area (Å²) in [6, 6.07) is 5.26. The highest BCUT2D eigenvalue weighted by atomic mass is 35.5. The summed E-state index contributed by atoms with van der Waals surface area (Å²) in [5, 5.41) is 4.78. The monoisotopic (exact) mass is 286 g/mol. The van der Waals surface area contributed by atoms with Crippen molar-refractivity contribution >= 4 is 29.0 Å². The number of nitrogen functional groups attached to an aromatic ring is 1. The van der Waals surface area contributed by atoms with Crippen molar-refractivity contribution in [3.05, 3.63) is 34.0 Å². The minimum atomic E-state index is 0.274. The molecule has 4 nitrogen and oxygen atoms in total. The molecule has 6 heteroatoms. The number of hydrogen-bond acceptors (Lipinski definition) is 4. The summed E-state index contributed by atoms with van der Waals surface area (Å²) in [6.45, 7) is 0.504. The Hall–Kier alpha value is -1.23. The zero-order valence-corrected chi connectivity index (χ0v) is 11.3. The summed E-state index contributed by atoms with van der Waals surface area (Å²) in [6.07, 6.45) is 0.553. The molecular formula is C12H12Cl2N2O2. The van der Waals surface area contributed by atoms with Gasteiger partial charge in [-0.05, 0) is 12.1 Å². The maximum atomic E-state index is 6.16. The molecule has 0 aliphatic carbocycles. The van der Waals surface area contributed by atoms with Gasteiger partial charge < -0.3 is 15.0 Å². The van der Waals surface area contributed by atoms with Gasteiger partial charge in [-0.3, -0.25) is 0 Å². The molecule has 96 valence electrons. The van der Waals surface area contributed by atoms with E-state index in [1.807, 2.05) is 0 Å². The van der Waals surface area contributed by atoms with E-state index in [0.29, 0.717) is 40.0 Å². The highest BCUT2D eigenvalue weighted by Gasteiger charge is 2.20. The van der Waals surface area contributed by atoms with Crippen LogP contribution in [0.25, 0.3) is 11.1 Å². The van der Waals surface area contributed by atoms with Crippen LogP contribution in [0.4, 0.5) is 5.82 Å². The SMILES string of the molecule is COCCc1onc(N)c1-c1c(Cl)cccc1Cl. The molecule has 0 aliphatic rings. The molecule has 0 bridgehead atoms. The lowest BCUT2D eigenvalue weighted by molar-refractivity contribution is 0.193. The number of methoxy groups -OCH3 is 1. The second-order valence-electron chi connectivity index (χ2n) is 3.71. The van der Waals surface area contributed by atoms with E-state index >= 15 is 0 Å². The Morgan fingerprint density at radius 3 is 2.56 bits per heavy atom. The van der Waals surface area contributed by atoms with E-state index in [1.165, 1.54) is 0 Å². The van der Waals surface area contributed by atoms with Gasteiger partial charge in [0.1, 0.15) is 5.76 Å². The number of aromatic nitrogens is 1. The molecule has 0 atom stereocenters. The first-order valence-corrected chi connectivity index (χ1v) is 6.08. The second kappa shape index (κ2) is 5.61. The largest absolute Gasteiger partial charge is 0.384 e. The van der Waals surface area contributed by atoms with Crippen LogP contribution in [0.3, 0.4) is 0 Å². The molecule has 1 heterocycles. The van der Waals surface area contributed by atoms with Gasteiger partial charge in [-0.1, -0.05) is 34.4 Å². The molecule has 0 amide bonds. The topological polar surface area (TPSA) is 61.3 Å². The molecule has 0 aliphatic heterocycles. The molecule has 0 fully saturated rings. The van der Waals surface area contributed by atoms with Crippen molar-refractivity contribution < 1.29 is 9.26 Å². The number of halogens is 2. The first-order chi connectivity index (χ1) is 8.65. The second-order valence-corrected chi connectivity index (χ2v) is 4.52.